The Morgan fingerprint density at radius 1 is 0.912 bits per heavy atom. The molecule has 190 valence electrons. The number of benzene rings is 1. The Morgan fingerprint density at radius 2 is 1.53 bits per heavy atom. The maximum atomic E-state index is 12.5. The molecular weight excluding hydrogens is 454 g/mol. The minimum absolute atomic E-state index is 0.0194. The number of nitrogens with zero attached hydrogens (tertiary/aromatic N) is 1. The molecule has 0 bridgehead atoms. The van der Waals surface area contributed by atoms with Gasteiger partial charge in [0.1, 0.15) is 12.2 Å². The molecule has 1 amide bonds. The minimum Gasteiger partial charge on any atom is -0.503 e. The summed E-state index contributed by atoms with van der Waals surface area (Å²) in [5.41, 5.74) is 1.30. The number of hydrogen-bond donors (Lipinski definition) is 0. The molecule has 1 aliphatic rings. The number of amides is 1. The van der Waals surface area contributed by atoms with Crippen LogP contribution < -0.4 is 4.90 Å². The van der Waals surface area contributed by atoms with E-state index in [1.54, 1.807) is 12.1 Å². The number of ketones is 1. The van der Waals surface area contributed by atoms with Crippen molar-refractivity contribution in [3.8, 4) is 0 Å². The lowest BCUT2D eigenvalue weighted by Crippen LogP contribution is -2.25. The van der Waals surface area contributed by atoms with E-state index in [-0.39, 0.29) is 24.5 Å². The summed E-state index contributed by atoms with van der Waals surface area (Å²) in [5.74, 6) is -0.717. The van der Waals surface area contributed by atoms with Gasteiger partial charge < -0.3 is 4.74 Å². The second kappa shape index (κ2) is 16.7. The second-order valence-electron chi connectivity index (χ2n) is 8.84. The van der Waals surface area contributed by atoms with Crippen LogP contribution in [0.15, 0.2) is 30.0 Å². The van der Waals surface area contributed by atoms with Crippen molar-refractivity contribution in [2.75, 3.05) is 25.2 Å². The number of Topliss-reactive ketones (excluding diaryl/α,β-unsaturated/α-hetero) is 1. The molecule has 0 saturated carbocycles. The highest BCUT2D eigenvalue weighted by Crippen LogP contribution is 2.31. The van der Waals surface area contributed by atoms with E-state index in [1.165, 1.54) is 82.5 Å². The zero-order chi connectivity index (χ0) is 24.6. The van der Waals surface area contributed by atoms with Gasteiger partial charge in [0.25, 0.3) is 5.91 Å². The summed E-state index contributed by atoms with van der Waals surface area (Å²) in [4.78, 5) is 36.6. The predicted octanol–water partition coefficient (Wildman–Crippen LogP) is 6.94. The van der Waals surface area contributed by atoms with Gasteiger partial charge in [-0.1, -0.05) is 95.2 Å². The maximum absolute atomic E-state index is 12.5. The molecule has 1 aromatic rings. The molecule has 7 heteroatoms. The average molecular weight is 494 g/mol. The molecule has 0 radical (unpaired) electrons. The number of anilines is 1. The minimum atomic E-state index is -0.421. The summed E-state index contributed by atoms with van der Waals surface area (Å²) >= 11 is 6.28. The first-order valence-corrected chi connectivity index (χ1v) is 13.1. The average Bonchev–Trinajstić information content (AvgIpc) is 3.11. The highest BCUT2D eigenvalue weighted by molar-refractivity contribution is 6.37. The third-order valence-electron chi connectivity index (χ3n) is 6.00. The zero-order valence-electron chi connectivity index (χ0n) is 20.8. The van der Waals surface area contributed by atoms with Gasteiger partial charge in [0.2, 0.25) is 0 Å². The summed E-state index contributed by atoms with van der Waals surface area (Å²) in [7, 11) is 1.40. The highest BCUT2D eigenvalue weighted by atomic mass is 35.5. The highest BCUT2D eigenvalue weighted by Gasteiger charge is 2.36. The zero-order valence-corrected chi connectivity index (χ0v) is 21.5. The smallest absolute Gasteiger partial charge is 0.265 e. The van der Waals surface area contributed by atoms with Crippen molar-refractivity contribution in [1.82, 2.24) is 0 Å². The lowest BCUT2D eigenvalue weighted by molar-refractivity contribution is -0.304. The van der Waals surface area contributed by atoms with Crippen molar-refractivity contribution in [3.63, 3.8) is 0 Å². The van der Waals surface area contributed by atoms with Gasteiger partial charge in [0.15, 0.2) is 5.78 Å². The summed E-state index contributed by atoms with van der Waals surface area (Å²) in [6, 6.07) is 5.25. The van der Waals surface area contributed by atoms with Crippen LogP contribution in [0.4, 0.5) is 5.69 Å². The van der Waals surface area contributed by atoms with E-state index in [2.05, 4.69) is 6.92 Å². The van der Waals surface area contributed by atoms with Crippen LogP contribution in [-0.4, -0.2) is 32.0 Å². The van der Waals surface area contributed by atoms with Crippen molar-refractivity contribution in [2.24, 2.45) is 0 Å². The molecule has 0 spiro atoms. The quantitative estimate of drug-likeness (QED) is 0.0553. The van der Waals surface area contributed by atoms with E-state index in [4.69, 9.17) is 26.1 Å². The monoisotopic (exact) mass is 493 g/mol. The molecular formula is C27H40ClNO5. The van der Waals surface area contributed by atoms with E-state index in [1.807, 2.05) is 6.07 Å². The van der Waals surface area contributed by atoms with Crippen LogP contribution >= 0.6 is 11.6 Å². The summed E-state index contributed by atoms with van der Waals surface area (Å²) in [6.45, 7) is 2.99. The van der Waals surface area contributed by atoms with E-state index < -0.39 is 5.91 Å². The largest absolute Gasteiger partial charge is 0.503 e. The molecule has 1 aromatic carbocycles. The molecule has 1 aliphatic heterocycles. The molecule has 0 aromatic heterocycles. The van der Waals surface area contributed by atoms with Crippen LogP contribution in [0.25, 0.3) is 0 Å². The number of hydrogen-bond acceptors (Lipinski definition) is 5. The standard InChI is InChI=1S/C27H40ClNO5/c1-3-4-5-6-7-8-9-10-11-12-13-14-17-33-34-20-22-15-16-24(28)25(18-22)29-19-26(30)23(21-32-2)27(29)31/h15-16,18,21H,3-14,17,19-20H2,1-2H3/b23-21+. The van der Waals surface area contributed by atoms with Crippen molar-refractivity contribution in [1.29, 1.82) is 0 Å². The first-order chi connectivity index (χ1) is 16.6. The summed E-state index contributed by atoms with van der Waals surface area (Å²) in [5, 5.41) is 0.390. The van der Waals surface area contributed by atoms with Gasteiger partial charge in [0.05, 0.1) is 37.2 Å². The van der Waals surface area contributed by atoms with Crippen LogP contribution in [0.3, 0.4) is 0 Å². The van der Waals surface area contributed by atoms with Crippen molar-refractivity contribution in [2.45, 2.75) is 90.6 Å². The Hall–Kier alpha value is -1.89. The van der Waals surface area contributed by atoms with Crippen molar-refractivity contribution in [3.05, 3.63) is 40.6 Å². The molecule has 34 heavy (non-hydrogen) atoms. The van der Waals surface area contributed by atoms with E-state index in [0.717, 1.165) is 18.4 Å². The van der Waals surface area contributed by atoms with Crippen LogP contribution in [0.1, 0.15) is 89.5 Å². The van der Waals surface area contributed by atoms with E-state index in [9.17, 15) is 9.59 Å². The Morgan fingerprint density at radius 3 is 2.15 bits per heavy atom. The Balaban J connectivity index is 1.58. The molecule has 0 aliphatic carbocycles. The summed E-state index contributed by atoms with van der Waals surface area (Å²) < 4.78 is 4.84. The number of carbonyl (C=O) groups is 2. The normalized spacial score (nSPS) is 15.0. The SMILES string of the molecule is CCCCCCCCCCCCCCOOCc1ccc(Cl)c(N2CC(=O)/C(=C\OC)C2=O)c1. The molecule has 6 nitrogen and oxygen atoms in total. The Labute approximate surface area is 209 Å². The Bertz CT molecular complexity index is 795. The molecule has 1 fully saturated rings. The van der Waals surface area contributed by atoms with Crippen molar-refractivity contribution < 1.29 is 24.1 Å². The fraction of sp³-hybridized carbons (Fsp3) is 0.630. The third kappa shape index (κ3) is 9.77. The van der Waals surface area contributed by atoms with Gasteiger partial charge >= 0.3 is 0 Å². The molecule has 1 saturated heterocycles. The van der Waals surface area contributed by atoms with Crippen LogP contribution in [0.2, 0.25) is 5.02 Å². The summed E-state index contributed by atoms with van der Waals surface area (Å²) in [6.07, 6.45) is 16.8. The molecule has 0 atom stereocenters. The lowest BCUT2D eigenvalue weighted by atomic mass is 10.1. The molecule has 1 heterocycles. The number of ether oxygens (including phenoxy) is 1. The fourth-order valence-electron chi connectivity index (χ4n) is 4.02. The number of carbonyl (C=O) groups excluding carboxylic acids is 2. The van der Waals surface area contributed by atoms with Gasteiger partial charge in [-0.3, -0.25) is 14.5 Å². The number of halogens is 1. The maximum Gasteiger partial charge on any atom is 0.265 e. The van der Waals surface area contributed by atoms with E-state index >= 15 is 0 Å². The molecule has 2 rings (SSSR count). The fourth-order valence-corrected chi connectivity index (χ4v) is 4.24. The van der Waals surface area contributed by atoms with Crippen LogP contribution in [0.5, 0.6) is 0 Å². The van der Waals surface area contributed by atoms with Crippen molar-refractivity contribution >= 4 is 29.0 Å². The lowest BCUT2D eigenvalue weighted by Gasteiger charge is -2.17. The van der Waals surface area contributed by atoms with Gasteiger partial charge in [-0.2, -0.15) is 0 Å². The topological polar surface area (TPSA) is 65.1 Å². The number of methoxy groups -OCH3 is 1. The van der Waals surface area contributed by atoms with Crippen LogP contribution in [-0.2, 0) is 30.7 Å². The van der Waals surface area contributed by atoms with Gasteiger partial charge in [0, 0.05) is 0 Å². The Kier molecular flexibility index (Phi) is 13.9. The molecule has 0 unspecified atom stereocenters. The van der Waals surface area contributed by atoms with Gasteiger partial charge in [-0.15, -0.1) is 0 Å². The first kappa shape index (κ1) is 28.3. The number of unbranched alkanes of at least 4 members (excludes halogenated alkanes) is 11. The van der Waals surface area contributed by atoms with E-state index in [0.29, 0.717) is 17.3 Å². The van der Waals surface area contributed by atoms with Gasteiger partial charge in [-0.25, -0.2) is 9.78 Å². The molecule has 0 N–H and O–H groups in total. The first-order valence-electron chi connectivity index (χ1n) is 12.7. The second-order valence-corrected chi connectivity index (χ2v) is 9.25. The van der Waals surface area contributed by atoms with Crippen LogP contribution in [0, 0.1) is 0 Å². The third-order valence-corrected chi connectivity index (χ3v) is 6.32. The number of rotatable bonds is 18. The van der Waals surface area contributed by atoms with Gasteiger partial charge in [-0.05, 0) is 24.1 Å². The predicted molar refractivity (Wildman–Crippen MR) is 136 cm³/mol.